The lowest BCUT2D eigenvalue weighted by molar-refractivity contribution is -0.385. The average Bonchev–Trinajstić information content (AvgIpc) is 3.56. The predicted molar refractivity (Wildman–Crippen MR) is 121 cm³/mol. The third-order valence-corrected chi connectivity index (χ3v) is 7.40. The number of methoxy groups -OCH3 is 1. The van der Waals surface area contributed by atoms with Gasteiger partial charge in [-0.05, 0) is 49.3 Å². The van der Waals surface area contributed by atoms with Crippen LogP contribution < -0.4 is 4.74 Å². The second-order valence-corrected chi connectivity index (χ2v) is 9.17. The molecule has 0 unspecified atom stereocenters. The van der Waals surface area contributed by atoms with Crippen LogP contribution in [0.15, 0.2) is 48.5 Å². The Hall–Kier alpha value is -4.08. The number of hydrogen-bond acceptors (Lipinski definition) is 7. The number of imide groups is 1. The minimum absolute atomic E-state index is 0.0727. The summed E-state index contributed by atoms with van der Waals surface area (Å²) in [5.74, 6) is -3.00. The third kappa shape index (κ3) is 3.65. The van der Waals surface area contributed by atoms with E-state index in [0.29, 0.717) is 5.75 Å². The molecule has 180 valence electrons. The van der Waals surface area contributed by atoms with Crippen molar-refractivity contribution in [2.75, 3.05) is 13.7 Å². The number of ketones is 1. The maximum atomic E-state index is 13.6. The van der Waals surface area contributed by atoms with E-state index in [0.717, 1.165) is 35.3 Å². The Balaban J connectivity index is 1.54. The highest BCUT2D eigenvalue weighted by molar-refractivity contribution is 6.10. The van der Waals surface area contributed by atoms with Crippen LogP contribution >= 0.6 is 0 Å². The SMILES string of the molecule is COc1cccc(C(=O)CN(C(=O)c2ccccc2[N+](=O)[O-])N2C(=O)[C@@H]3[C@H]4CC[C@@H](C4)[C@@H]3C2=O)c1. The molecular weight excluding hydrogens is 454 g/mol. The summed E-state index contributed by atoms with van der Waals surface area (Å²) in [6.07, 6.45) is 2.50. The second-order valence-electron chi connectivity index (χ2n) is 9.17. The highest BCUT2D eigenvalue weighted by Gasteiger charge is 2.62. The van der Waals surface area contributed by atoms with Gasteiger partial charge in [-0.15, -0.1) is 0 Å². The number of hydrogen-bond donors (Lipinski definition) is 0. The van der Waals surface area contributed by atoms with Crippen molar-refractivity contribution >= 4 is 29.2 Å². The van der Waals surface area contributed by atoms with Crippen LogP contribution in [0, 0.1) is 33.8 Å². The molecule has 0 N–H and O–H groups in total. The molecule has 5 rings (SSSR count). The molecule has 1 heterocycles. The lowest BCUT2D eigenvalue weighted by atomic mass is 9.81. The fourth-order valence-electron chi connectivity index (χ4n) is 5.84. The van der Waals surface area contributed by atoms with Gasteiger partial charge in [0.1, 0.15) is 17.9 Å². The third-order valence-electron chi connectivity index (χ3n) is 7.40. The van der Waals surface area contributed by atoms with E-state index in [1.165, 1.54) is 37.4 Å². The van der Waals surface area contributed by atoms with E-state index >= 15 is 0 Å². The van der Waals surface area contributed by atoms with Gasteiger partial charge < -0.3 is 4.74 Å². The number of hydrazine groups is 1. The number of carbonyl (C=O) groups excluding carboxylic acids is 4. The minimum Gasteiger partial charge on any atom is -0.497 e. The monoisotopic (exact) mass is 477 g/mol. The molecule has 1 saturated heterocycles. The fourth-order valence-corrected chi connectivity index (χ4v) is 5.84. The van der Waals surface area contributed by atoms with E-state index in [4.69, 9.17) is 4.74 Å². The van der Waals surface area contributed by atoms with Crippen LogP contribution in [0.4, 0.5) is 5.69 Å². The van der Waals surface area contributed by atoms with Crippen LogP contribution in [0.1, 0.15) is 40.0 Å². The largest absolute Gasteiger partial charge is 0.497 e. The Morgan fingerprint density at radius 2 is 1.71 bits per heavy atom. The number of carbonyl (C=O) groups is 4. The Morgan fingerprint density at radius 3 is 2.34 bits per heavy atom. The Morgan fingerprint density at radius 1 is 1.06 bits per heavy atom. The van der Waals surface area contributed by atoms with Crippen molar-refractivity contribution in [1.82, 2.24) is 10.0 Å². The number of benzene rings is 2. The van der Waals surface area contributed by atoms with Crippen LogP contribution in [0.5, 0.6) is 5.75 Å². The van der Waals surface area contributed by atoms with Gasteiger partial charge in [0.05, 0.1) is 23.9 Å². The molecule has 2 aromatic rings. The van der Waals surface area contributed by atoms with Gasteiger partial charge in [0.2, 0.25) is 0 Å². The normalized spacial score (nSPS) is 24.4. The first-order valence-corrected chi connectivity index (χ1v) is 11.4. The maximum Gasteiger partial charge on any atom is 0.282 e. The number of fused-ring (bicyclic) bond motifs is 5. The highest BCUT2D eigenvalue weighted by atomic mass is 16.6. The van der Waals surface area contributed by atoms with Gasteiger partial charge in [0, 0.05) is 11.6 Å². The molecule has 3 fully saturated rings. The van der Waals surface area contributed by atoms with E-state index in [1.54, 1.807) is 12.1 Å². The van der Waals surface area contributed by atoms with Crippen molar-refractivity contribution in [2.45, 2.75) is 19.3 Å². The number of para-hydroxylation sites is 1. The second kappa shape index (κ2) is 8.61. The summed E-state index contributed by atoms with van der Waals surface area (Å²) < 4.78 is 5.16. The molecule has 2 aliphatic carbocycles. The summed E-state index contributed by atoms with van der Waals surface area (Å²) in [6.45, 7) is -0.635. The van der Waals surface area contributed by atoms with E-state index < -0.39 is 52.5 Å². The minimum atomic E-state index is -0.956. The molecule has 2 bridgehead atoms. The van der Waals surface area contributed by atoms with Gasteiger partial charge in [0.25, 0.3) is 23.4 Å². The van der Waals surface area contributed by atoms with Gasteiger partial charge >= 0.3 is 0 Å². The summed E-state index contributed by atoms with van der Waals surface area (Å²) in [7, 11) is 1.45. The summed E-state index contributed by atoms with van der Waals surface area (Å²) in [5.41, 5.74) is -0.573. The van der Waals surface area contributed by atoms with Crippen LogP contribution in [0.2, 0.25) is 0 Å². The number of Topliss-reactive ketones (excluding diaryl/α,β-unsaturated/α-hetero) is 1. The summed E-state index contributed by atoms with van der Waals surface area (Å²) >= 11 is 0. The van der Waals surface area contributed by atoms with Crippen LogP contribution in [0.25, 0.3) is 0 Å². The molecule has 2 saturated carbocycles. The molecular formula is C25H23N3O7. The Labute approximate surface area is 200 Å². The maximum absolute atomic E-state index is 13.6. The molecule has 1 aliphatic heterocycles. The molecule has 10 nitrogen and oxygen atoms in total. The van der Waals surface area contributed by atoms with Gasteiger partial charge in [-0.2, -0.15) is 5.01 Å². The van der Waals surface area contributed by atoms with Crippen LogP contribution in [-0.2, 0) is 9.59 Å². The number of amides is 3. The fraction of sp³-hybridized carbons (Fsp3) is 0.360. The molecule has 0 aromatic heterocycles. The van der Waals surface area contributed by atoms with E-state index in [9.17, 15) is 29.3 Å². The molecule has 10 heteroatoms. The zero-order valence-corrected chi connectivity index (χ0v) is 19.0. The topological polar surface area (TPSA) is 127 Å². The number of nitrogens with zero attached hydrogens (tertiary/aromatic N) is 3. The van der Waals surface area contributed by atoms with Crippen molar-refractivity contribution in [1.29, 1.82) is 0 Å². The number of rotatable bonds is 7. The first kappa shape index (κ1) is 22.7. The molecule has 0 radical (unpaired) electrons. The summed E-state index contributed by atoms with van der Waals surface area (Å²) in [6, 6.07) is 11.5. The van der Waals surface area contributed by atoms with E-state index in [2.05, 4.69) is 0 Å². The summed E-state index contributed by atoms with van der Waals surface area (Å²) in [4.78, 5) is 64.6. The van der Waals surface area contributed by atoms with Crippen molar-refractivity contribution in [3.63, 3.8) is 0 Å². The Kier molecular flexibility index (Phi) is 5.58. The molecule has 35 heavy (non-hydrogen) atoms. The zero-order valence-electron chi connectivity index (χ0n) is 19.0. The van der Waals surface area contributed by atoms with Gasteiger partial charge in [-0.1, -0.05) is 24.3 Å². The number of ether oxygens (including phenoxy) is 1. The standard InChI is InChI=1S/C25H23N3O7/c1-35-17-6-4-5-14(12-17)20(29)13-26(23(30)18-7-2-3-8-19(18)28(33)34)27-24(31)21-15-9-10-16(11-15)22(21)25(27)32/h2-8,12,15-16,21-22H,9-11,13H2,1H3/t15-,16-,21-,22+/m0/s1. The van der Waals surface area contributed by atoms with E-state index in [-0.39, 0.29) is 23.0 Å². The lowest BCUT2D eigenvalue weighted by Crippen LogP contribution is -2.52. The van der Waals surface area contributed by atoms with E-state index in [1.807, 2.05) is 0 Å². The first-order valence-electron chi connectivity index (χ1n) is 11.4. The summed E-state index contributed by atoms with van der Waals surface area (Å²) in [5, 5.41) is 13.1. The van der Waals surface area contributed by atoms with Gasteiger partial charge in [0.15, 0.2) is 5.78 Å². The first-order chi connectivity index (χ1) is 16.8. The Bertz CT molecular complexity index is 1230. The van der Waals surface area contributed by atoms with Crippen molar-refractivity contribution in [2.24, 2.45) is 23.7 Å². The molecule has 3 aliphatic rings. The molecule has 3 amide bonds. The number of nitro groups is 1. The van der Waals surface area contributed by atoms with Crippen LogP contribution in [0.3, 0.4) is 0 Å². The van der Waals surface area contributed by atoms with Gasteiger partial charge in [-0.3, -0.25) is 29.3 Å². The van der Waals surface area contributed by atoms with Crippen molar-refractivity contribution in [3.8, 4) is 5.75 Å². The van der Waals surface area contributed by atoms with Crippen LogP contribution in [-0.4, -0.2) is 52.1 Å². The smallest absolute Gasteiger partial charge is 0.282 e. The molecule has 4 atom stereocenters. The average molecular weight is 477 g/mol. The van der Waals surface area contributed by atoms with Gasteiger partial charge in [-0.25, -0.2) is 5.01 Å². The number of nitro benzene ring substituents is 1. The lowest BCUT2D eigenvalue weighted by Gasteiger charge is -2.30. The zero-order chi connectivity index (χ0) is 24.9. The quantitative estimate of drug-likeness (QED) is 0.260. The molecule has 2 aromatic carbocycles. The molecule has 0 spiro atoms. The predicted octanol–water partition coefficient (Wildman–Crippen LogP) is 2.87. The highest BCUT2D eigenvalue weighted by Crippen LogP contribution is 2.56. The van der Waals surface area contributed by atoms with Crippen molar-refractivity contribution in [3.05, 3.63) is 69.8 Å². The van der Waals surface area contributed by atoms with Crippen molar-refractivity contribution < 1.29 is 28.8 Å².